The second kappa shape index (κ2) is 7.69. The molecule has 4 rings (SSSR count). The van der Waals surface area contributed by atoms with Gasteiger partial charge < -0.3 is 19.5 Å². The summed E-state index contributed by atoms with van der Waals surface area (Å²) in [6.45, 7) is 4.07. The van der Waals surface area contributed by atoms with Crippen LogP contribution in [0.5, 0.6) is 17.2 Å². The van der Waals surface area contributed by atoms with Crippen molar-refractivity contribution in [3.63, 3.8) is 0 Å². The lowest BCUT2D eigenvalue weighted by molar-refractivity contribution is -0.115. The summed E-state index contributed by atoms with van der Waals surface area (Å²) in [6, 6.07) is 8.68. The number of benzene rings is 2. The maximum absolute atomic E-state index is 12.8. The summed E-state index contributed by atoms with van der Waals surface area (Å²) in [5.74, 6) is 1.09. The molecule has 0 bridgehead atoms. The molecule has 0 saturated carbocycles. The molecule has 2 aliphatic rings. The van der Waals surface area contributed by atoms with Gasteiger partial charge in [-0.05, 0) is 38.1 Å². The molecule has 1 N–H and O–H groups in total. The molecule has 6 nitrogen and oxygen atoms in total. The van der Waals surface area contributed by atoms with E-state index in [0.29, 0.717) is 45.4 Å². The molecule has 0 saturated heterocycles. The molecule has 2 aromatic rings. The molecular weight excluding hydrogens is 406 g/mol. The van der Waals surface area contributed by atoms with E-state index in [0.717, 1.165) is 5.56 Å². The molecule has 0 unspecified atom stereocenters. The van der Waals surface area contributed by atoms with E-state index in [4.69, 9.17) is 25.8 Å². The van der Waals surface area contributed by atoms with Crippen molar-refractivity contribution in [1.82, 2.24) is 5.32 Å². The Morgan fingerprint density at radius 1 is 1.23 bits per heavy atom. The van der Waals surface area contributed by atoms with E-state index in [9.17, 15) is 9.59 Å². The number of rotatable bonds is 5. The van der Waals surface area contributed by atoms with Crippen LogP contribution in [0.15, 0.2) is 36.4 Å². The molecule has 2 aliphatic heterocycles. The molecule has 0 spiro atoms. The standard InChI is InChI=1S/C23H22ClNO5/c1-23(2)11-14-9-13(10-19(28-3)20(14)30-23)18(26)12-25-22(27)16-7-8-29-21-15(16)5-4-6-17(21)24/h4-7,9-10H,8,11-12H2,1-3H3,(H,25,27). The molecule has 0 atom stereocenters. The number of ketones is 1. The van der Waals surface area contributed by atoms with E-state index >= 15 is 0 Å². The van der Waals surface area contributed by atoms with Crippen LogP contribution in [0, 0.1) is 0 Å². The van der Waals surface area contributed by atoms with Crippen molar-refractivity contribution in [2.75, 3.05) is 20.3 Å². The molecule has 2 heterocycles. The van der Waals surface area contributed by atoms with Crippen LogP contribution in [0.4, 0.5) is 0 Å². The maximum Gasteiger partial charge on any atom is 0.252 e. The van der Waals surface area contributed by atoms with Crippen LogP contribution >= 0.6 is 11.6 Å². The number of fused-ring (bicyclic) bond motifs is 2. The van der Waals surface area contributed by atoms with Crippen molar-refractivity contribution < 1.29 is 23.8 Å². The van der Waals surface area contributed by atoms with Crippen molar-refractivity contribution in [2.24, 2.45) is 0 Å². The summed E-state index contributed by atoms with van der Waals surface area (Å²) in [6.07, 6.45) is 2.35. The van der Waals surface area contributed by atoms with E-state index in [1.54, 1.807) is 37.5 Å². The van der Waals surface area contributed by atoms with E-state index in [-0.39, 0.29) is 30.4 Å². The predicted molar refractivity (Wildman–Crippen MR) is 114 cm³/mol. The first kappa shape index (κ1) is 20.3. The first-order valence-corrected chi connectivity index (χ1v) is 10.00. The smallest absolute Gasteiger partial charge is 0.252 e. The number of carbonyl (C=O) groups is 2. The topological polar surface area (TPSA) is 73.9 Å². The summed E-state index contributed by atoms with van der Waals surface area (Å²) in [5, 5.41) is 3.15. The lowest BCUT2D eigenvalue weighted by Crippen LogP contribution is -2.31. The Balaban J connectivity index is 1.49. The zero-order valence-electron chi connectivity index (χ0n) is 17.0. The fourth-order valence-corrected chi connectivity index (χ4v) is 3.98. The van der Waals surface area contributed by atoms with E-state index in [1.165, 1.54) is 0 Å². The second-order valence-electron chi connectivity index (χ2n) is 7.86. The van der Waals surface area contributed by atoms with Crippen molar-refractivity contribution in [3.8, 4) is 17.2 Å². The molecule has 0 radical (unpaired) electrons. The van der Waals surface area contributed by atoms with Crippen molar-refractivity contribution >= 4 is 28.9 Å². The molecule has 0 aliphatic carbocycles. The highest BCUT2D eigenvalue weighted by Crippen LogP contribution is 2.42. The number of amides is 1. The molecule has 0 fully saturated rings. The molecule has 0 aromatic heterocycles. The Morgan fingerprint density at radius 2 is 2.03 bits per heavy atom. The van der Waals surface area contributed by atoms with Gasteiger partial charge in [-0.2, -0.15) is 0 Å². The number of hydrogen-bond donors (Lipinski definition) is 1. The highest BCUT2D eigenvalue weighted by Gasteiger charge is 2.33. The van der Waals surface area contributed by atoms with Gasteiger partial charge in [0.1, 0.15) is 18.0 Å². The summed E-state index contributed by atoms with van der Waals surface area (Å²) in [4.78, 5) is 25.5. The number of hydrogen-bond acceptors (Lipinski definition) is 5. The van der Waals surface area contributed by atoms with Crippen LogP contribution < -0.4 is 19.5 Å². The Bertz CT molecular complexity index is 1070. The largest absolute Gasteiger partial charge is 0.493 e. The summed E-state index contributed by atoms with van der Waals surface area (Å²) < 4.78 is 16.9. The van der Waals surface area contributed by atoms with Gasteiger partial charge in [-0.25, -0.2) is 0 Å². The lowest BCUT2D eigenvalue weighted by Gasteiger charge is -2.19. The van der Waals surface area contributed by atoms with E-state index in [2.05, 4.69) is 5.32 Å². The third kappa shape index (κ3) is 3.75. The Morgan fingerprint density at radius 3 is 2.80 bits per heavy atom. The number of halogens is 1. The monoisotopic (exact) mass is 427 g/mol. The molecule has 7 heteroatoms. The highest BCUT2D eigenvalue weighted by molar-refractivity contribution is 6.33. The minimum atomic E-state index is -0.354. The number of carbonyl (C=O) groups excluding carboxylic acids is 2. The average molecular weight is 428 g/mol. The Hall–Kier alpha value is -2.99. The predicted octanol–water partition coefficient (Wildman–Crippen LogP) is 3.84. The Labute approximate surface area is 179 Å². The van der Waals surface area contributed by atoms with E-state index in [1.807, 2.05) is 19.9 Å². The molecule has 156 valence electrons. The van der Waals surface area contributed by atoms with E-state index < -0.39 is 0 Å². The zero-order chi connectivity index (χ0) is 21.5. The SMILES string of the molecule is COc1cc(C(=O)CNC(=O)C2=CCOc3c(Cl)cccc32)cc2c1OC(C)(C)C2. The first-order valence-electron chi connectivity index (χ1n) is 9.62. The van der Waals surface area contributed by atoms with Gasteiger partial charge >= 0.3 is 0 Å². The van der Waals surface area contributed by atoms with Gasteiger partial charge in [0.2, 0.25) is 0 Å². The minimum absolute atomic E-state index is 0.140. The van der Waals surface area contributed by atoms with Crippen LogP contribution in [0.25, 0.3) is 5.57 Å². The number of nitrogens with one attached hydrogen (secondary N) is 1. The zero-order valence-corrected chi connectivity index (χ0v) is 17.8. The third-order valence-corrected chi connectivity index (χ3v) is 5.39. The van der Waals surface area contributed by atoms with Gasteiger partial charge in [0, 0.05) is 28.7 Å². The summed E-state index contributed by atoms with van der Waals surface area (Å²) >= 11 is 6.15. The quantitative estimate of drug-likeness (QED) is 0.734. The summed E-state index contributed by atoms with van der Waals surface area (Å²) in [7, 11) is 1.54. The van der Waals surface area contributed by atoms with Gasteiger partial charge in [-0.1, -0.05) is 23.7 Å². The van der Waals surface area contributed by atoms with Gasteiger partial charge in [-0.15, -0.1) is 0 Å². The third-order valence-electron chi connectivity index (χ3n) is 5.09. The molecule has 30 heavy (non-hydrogen) atoms. The number of methoxy groups -OCH3 is 1. The Kier molecular flexibility index (Phi) is 5.20. The number of Topliss-reactive ketones (excluding diaryl/α,β-unsaturated/α-hetero) is 1. The fraction of sp³-hybridized carbons (Fsp3) is 0.304. The van der Waals surface area contributed by atoms with Crippen LogP contribution in [-0.4, -0.2) is 37.6 Å². The minimum Gasteiger partial charge on any atom is -0.493 e. The van der Waals surface area contributed by atoms with Crippen molar-refractivity contribution in [3.05, 3.63) is 58.1 Å². The molecule has 2 aromatic carbocycles. The normalized spacial score (nSPS) is 15.8. The van der Waals surface area contributed by atoms with Crippen molar-refractivity contribution in [1.29, 1.82) is 0 Å². The van der Waals surface area contributed by atoms with Crippen LogP contribution in [-0.2, 0) is 11.2 Å². The van der Waals surface area contributed by atoms with Crippen molar-refractivity contribution in [2.45, 2.75) is 25.9 Å². The lowest BCUT2D eigenvalue weighted by atomic mass is 9.98. The van der Waals surface area contributed by atoms with Crippen LogP contribution in [0.2, 0.25) is 5.02 Å². The maximum atomic E-state index is 12.8. The summed E-state index contributed by atoms with van der Waals surface area (Å²) in [5.41, 5.74) is 2.09. The van der Waals surface area contributed by atoms with Gasteiger partial charge in [0.25, 0.3) is 5.91 Å². The second-order valence-corrected chi connectivity index (χ2v) is 8.26. The van der Waals surface area contributed by atoms with Crippen LogP contribution in [0.1, 0.15) is 35.3 Å². The van der Waals surface area contributed by atoms with Gasteiger partial charge in [0.15, 0.2) is 17.3 Å². The average Bonchev–Trinajstić information content (AvgIpc) is 3.04. The number of ether oxygens (including phenoxy) is 3. The highest BCUT2D eigenvalue weighted by atomic mass is 35.5. The molecule has 1 amide bonds. The fourth-order valence-electron chi connectivity index (χ4n) is 3.75. The van der Waals surface area contributed by atoms with Gasteiger partial charge in [0.05, 0.1) is 18.7 Å². The first-order chi connectivity index (χ1) is 14.3. The van der Waals surface area contributed by atoms with Gasteiger partial charge in [-0.3, -0.25) is 9.59 Å². The molecular formula is C23H22ClNO5. The number of para-hydroxylation sites is 1. The van der Waals surface area contributed by atoms with Crippen LogP contribution in [0.3, 0.4) is 0 Å².